The number of carboxylic acids is 1. The van der Waals surface area contributed by atoms with E-state index in [1.807, 2.05) is 0 Å². The van der Waals surface area contributed by atoms with Crippen LogP contribution in [0.5, 0.6) is 0 Å². The monoisotopic (exact) mass is 149 g/mol. The second kappa shape index (κ2) is 5.16. The third-order valence-corrected chi connectivity index (χ3v) is 0.752. The predicted molar refractivity (Wildman–Crippen MR) is 33.3 cm³/mol. The first-order chi connectivity index (χ1) is 4.66. The highest BCUT2D eigenvalue weighted by Crippen LogP contribution is 1.78. The van der Waals surface area contributed by atoms with Crippen molar-refractivity contribution in [1.82, 2.24) is 5.32 Å². The van der Waals surface area contributed by atoms with Crippen molar-refractivity contribution in [2.45, 2.75) is 13.3 Å². The molecule has 0 bridgehead atoms. The minimum Gasteiger partial charge on any atom is -0.480 e. The van der Waals surface area contributed by atoms with E-state index in [1.165, 1.54) is 0 Å². The largest absolute Gasteiger partial charge is 0.480 e. The van der Waals surface area contributed by atoms with E-state index < -0.39 is 12.4 Å². The minimum absolute atomic E-state index is 0.304. The van der Waals surface area contributed by atoms with Crippen molar-refractivity contribution < 1.29 is 19.7 Å². The standard InChI is InChI=1S/C5H11NO4/c1-2-10-5(9)6-3-4(7)8/h5-6,9H,2-3H2,1H3,(H,7,8). The van der Waals surface area contributed by atoms with E-state index in [4.69, 9.17) is 10.2 Å². The first kappa shape index (κ1) is 9.35. The van der Waals surface area contributed by atoms with Crippen molar-refractivity contribution in [3.05, 3.63) is 0 Å². The molecule has 0 aromatic carbocycles. The molecule has 0 aliphatic rings. The normalized spacial score (nSPS) is 13.0. The highest BCUT2D eigenvalue weighted by atomic mass is 16.6. The van der Waals surface area contributed by atoms with Gasteiger partial charge in [-0.1, -0.05) is 0 Å². The van der Waals surface area contributed by atoms with Gasteiger partial charge in [0, 0.05) is 6.61 Å². The molecule has 5 heteroatoms. The van der Waals surface area contributed by atoms with E-state index in [0.29, 0.717) is 6.61 Å². The minimum atomic E-state index is -1.18. The average molecular weight is 149 g/mol. The lowest BCUT2D eigenvalue weighted by Crippen LogP contribution is -2.35. The number of ether oxygens (including phenoxy) is 1. The molecule has 0 radical (unpaired) electrons. The van der Waals surface area contributed by atoms with Crippen molar-refractivity contribution in [3.8, 4) is 0 Å². The topological polar surface area (TPSA) is 78.8 Å². The van der Waals surface area contributed by atoms with Crippen LogP contribution < -0.4 is 5.32 Å². The van der Waals surface area contributed by atoms with Crippen molar-refractivity contribution in [2.24, 2.45) is 0 Å². The number of rotatable bonds is 5. The molecule has 0 aromatic rings. The van der Waals surface area contributed by atoms with Crippen LogP contribution in [0.2, 0.25) is 0 Å². The molecule has 3 N–H and O–H groups in total. The quantitative estimate of drug-likeness (QED) is 0.436. The van der Waals surface area contributed by atoms with Crippen LogP contribution in [-0.2, 0) is 9.53 Å². The Labute approximate surface area is 58.6 Å². The maximum absolute atomic E-state index is 9.88. The van der Waals surface area contributed by atoms with Crippen LogP contribution in [0.15, 0.2) is 0 Å². The molecular formula is C5H11NO4. The maximum Gasteiger partial charge on any atom is 0.317 e. The number of aliphatic hydroxyl groups excluding tert-OH is 1. The fraction of sp³-hybridized carbons (Fsp3) is 0.800. The second-order valence-electron chi connectivity index (χ2n) is 1.58. The Morgan fingerprint density at radius 3 is 2.80 bits per heavy atom. The third-order valence-electron chi connectivity index (χ3n) is 0.752. The lowest BCUT2D eigenvalue weighted by Gasteiger charge is -2.09. The molecule has 0 heterocycles. The summed E-state index contributed by atoms with van der Waals surface area (Å²) in [6.07, 6.45) is -1.18. The van der Waals surface area contributed by atoms with Gasteiger partial charge >= 0.3 is 5.97 Å². The average Bonchev–Trinajstić information content (AvgIpc) is 1.85. The summed E-state index contributed by atoms with van der Waals surface area (Å²) >= 11 is 0. The van der Waals surface area contributed by atoms with Crippen LogP contribution in [0.1, 0.15) is 6.92 Å². The fourth-order valence-electron chi connectivity index (χ4n) is 0.391. The Bertz CT molecular complexity index is 106. The highest BCUT2D eigenvalue weighted by Gasteiger charge is 2.02. The summed E-state index contributed by atoms with van der Waals surface area (Å²) in [7, 11) is 0. The molecule has 0 fully saturated rings. The van der Waals surface area contributed by atoms with Gasteiger partial charge in [-0.15, -0.1) is 0 Å². The molecule has 0 saturated heterocycles. The number of carboxylic acid groups (broad SMARTS) is 1. The summed E-state index contributed by atoms with van der Waals surface area (Å²) in [5.41, 5.74) is 0. The molecule has 1 atom stereocenters. The molecule has 0 spiro atoms. The van der Waals surface area contributed by atoms with Gasteiger partial charge in [-0.05, 0) is 6.92 Å². The Morgan fingerprint density at radius 2 is 2.40 bits per heavy atom. The van der Waals surface area contributed by atoms with E-state index in [1.54, 1.807) is 6.92 Å². The summed E-state index contributed by atoms with van der Waals surface area (Å²) in [6, 6.07) is 0. The Morgan fingerprint density at radius 1 is 1.80 bits per heavy atom. The molecular weight excluding hydrogens is 138 g/mol. The van der Waals surface area contributed by atoms with Crippen molar-refractivity contribution >= 4 is 5.97 Å². The second-order valence-corrected chi connectivity index (χ2v) is 1.58. The summed E-state index contributed by atoms with van der Waals surface area (Å²) < 4.78 is 4.57. The van der Waals surface area contributed by atoms with Crippen molar-refractivity contribution in [3.63, 3.8) is 0 Å². The van der Waals surface area contributed by atoms with Crippen LogP contribution in [0, 0.1) is 0 Å². The Kier molecular flexibility index (Phi) is 4.82. The Hall–Kier alpha value is -0.650. The van der Waals surface area contributed by atoms with Gasteiger partial charge in [-0.25, -0.2) is 0 Å². The molecule has 60 valence electrons. The molecule has 0 saturated carbocycles. The van der Waals surface area contributed by atoms with E-state index in [0.717, 1.165) is 0 Å². The van der Waals surface area contributed by atoms with Gasteiger partial charge in [0.2, 0.25) is 6.41 Å². The van der Waals surface area contributed by atoms with Crippen LogP contribution in [0.4, 0.5) is 0 Å². The Balaban J connectivity index is 3.21. The summed E-state index contributed by atoms with van der Waals surface area (Å²) in [5, 5.41) is 19.0. The zero-order valence-corrected chi connectivity index (χ0v) is 5.70. The molecule has 0 amide bonds. The van der Waals surface area contributed by atoms with Gasteiger partial charge in [-0.3, -0.25) is 10.1 Å². The van der Waals surface area contributed by atoms with Gasteiger partial charge in [0.15, 0.2) is 0 Å². The number of aliphatic hydroxyl groups is 1. The van der Waals surface area contributed by atoms with E-state index in [-0.39, 0.29) is 6.54 Å². The summed E-state index contributed by atoms with van der Waals surface area (Å²) in [6.45, 7) is 1.74. The van der Waals surface area contributed by atoms with E-state index >= 15 is 0 Å². The fourth-order valence-corrected chi connectivity index (χ4v) is 0.391. The van der Waals surface area contributed by atoms with Crippen LogP contribution >= 0.6 is 0 Å². The first-order valence-electron chi connectivity index (χ1n) is 2.91. The van der Waals surface area contributed by atoms with Crippen molar-refractivity contribution in [2.75, 3.05) is 13.2 Å². The highest BCUT2D eigenvalue weighted by molar-refractivity contribution is 5.68. The molecule has 10 heavy (non-hydrogen) atoms. The molecule has 5 nitrogen and oxygen atoms in total. The van der Waals surface area contributed by atoms with Crippen LogP contribution in [0.3, 0.4) is 0 Å². The molecule has 0 aromatic heterocycles. The zero-order chi connectivity index (χ0) is 7.98. The summed E-state index contributed by atoms with van der Waals surface area (Å²) in [4.78, 5) is 9.88. The zero-order valence-electron chi connectivity index (χ0n) is 5.70. The van der Waals surface area contributed by atoms with Crippen LogP contribution in [0.25, 0.3) is 0 Å². The maximum atomic E-state index is 9.88. The lowest BCUT2D eigenvalue weighted by molar-refractivity contribution is -0.144. The van der Waals surface area contributed by atoms with Gasteiger partial charge < -0.3 is 14.9 Å². The number of carbonyl (C=O) groups is 1. The van der Waals surface area contributed by atoms with Gasteiger partial charge in [-0.2, -0.15) is 0 Å². The smallest absolute Gasteiger partial charge is 0.317 e. The van der Waals surface area contributed by atoms with Gasteiger partial charge in [0.25, 0.3) is 0 Å². The third kappa shape index (κ3) is 5.49. The van der Waals surface area contributed by atoms with Gasteiger partial charge in [0.05, 0.1) is 6.54 Å². The van der Waals surface area contributed by atoms with E-state index in [2.05, 4.69) is 10.1 Å². The van der Waals surface area contributed by atoms with Crippen molar-refractivity contribution in [1.29, 1.82) is 0 Å². The first-order valence-corrected chi connectivity index (χ1v) is 2.91. The number of hydrogen-bond donors (Lipinski definition) is 3. The van der Waals surface area contributed by atoms with E-state index in [9.17, 15) is 4.79 Å². The number of aliphatic carboxylic acids is 1. The van der Waals surface area contributed by atoms with Crippen LogP contribution in [-0.4, -0.2) is 35.7 Å². The number of nitrogens with one attached hydrogen (secondary N) is 1. The number of hydrogen-bond acceptors (Lipinski definition) is 4. The SMILES string of the molecule is CCOC(O)NCC(=O)O. The predicted octanol–water partition coefficient (Wildman–Crippen LogP) is -1.03. The lowest BCUT2D eigenvalue weighted by atomic mass is 10.6. The van der Waals surface area contributed by atoms with Gasteiger partial charge in [0.1, 0.15) is 0 Å². The molecule has 0 rings (SSSR count). The summed E-state index contributed by atoms with van der Waals surface area (Å²) in [5.74, 6) is -1.03. The molecule has 0 aliphatic carbocycles. The molecule has 0 aliphatic heterocycles. The molecule has 1 unspecified atom stereocenters.